The lowest BCUT2D eigenvalue weighted by atomic mass is 10.0. The highest BCUT2D eigenvalue weighted by Crippen LogP contribution is 2.46. The molecule has 0 amide bonds. The van der Waals surface area contributed by atoms with Crippen molar-refractivity contribution >= 4 is 0 Å². The van der Waals surface area contributed by atoms with Gasteiger partial charge in [-0.25, -0.2) is 0 Å². The summed E-state index contributed by atoms with van der Waals surface area (Å²) in [4.78, 5) is 0. The van der Waals surface area contributed by atoms with Gasteiger partial charge in [0.1, 0.15) is 12.4 Å². The fraction of sp³-hybridized carbons (Fsp3) is 0.294. The first-order chi connectivity index (χ1) is 8.78. The van der Waals surface area contributed by atoms with Crippen LogP contribution in [0.4, 0.5) is 0 Å². The minimum atomic E-state index is -0.146. The van der Waals surface area contributed by atoms with Crippen LogP contribution in [0.1, 0.15) is 31.4 Å². The van der Waals surface area contributed by atoms with Crippen molar-refractivity contribution < 1.29 is 4.74 Å². The Morgan fingerprint density at radius 3 is 2.26 bits per heavy atom. The molecule has 0 heterocycles. The van der Waals surface area contributed by atoms with Gasteiger partial charge in [0.25, 0.3) is 0 Å². The van der Waals surface area contributed by atoms with Crippen molar-refractivity contribution in [3.05, 3.63) is 65.7 Å². The molecule has 2 N–H and O–H groups in total. The molecular formula is C17H21NO. The first-order valence-corrected chi connectivity index (χ1v) is 6.33. The maximum Gasteiger partial charge on any atom is 0.124 e. The molecule has 0 atom stereocenters. The van der Waals surface area contributed by atoms with Crippen LogP contribution in [0.25, 0.3) is 0 Å². The zero-order valence-electron chi connectivity index (χ0n) is 10.3. The lowest BCUT2D eigenvalue weighted by Gasteiger charge is -2.15. The summed E-state index contributed by atoms with van der Waals surface area (Å²) in [6, 6.07) is 18.3. The number of rotatable bonds is 4. The molecule has 1 fully saturated rings. The Hall–Kier alpha value is -1.80. The molecule has 0 aromatic heterocycles. The molecule has 0 aliphatic heterocycles. The van der Waals surface area contributed by atoms with Crippen molar-refractivity contribution in [1.29, 1.82) is 0 Å². The van der Waals surface area contributed by atoms with E-state index in [0.29, 0.717) is 6.61 Å². The molecule has 1 aliphatic rings. The second-order valence-electron chi connectivity index (χ2n) is 4.93. The van der Waals surface area contributed by atoms with Crippen molar-refractivity contribution in [2.45, 2.75) is 32.4 Å². The number of hydrogen-bond acceptors (Lipinski definition) is 2. The van der Waals surface area contributed by atoms with E-state index in [1.54, 1.807) is 0 Å². The molecule has 0 spiro atoms. The standard InChI is InChI=1S/C16H17NO.CH4/c17-16(10-11-16)14-8-4-5-9-15(14)18-12-13-6-2-1-3-7-13;/h1-9H,10-12,17H2;1H4. The van der Waals surface area contributed by atoms with E-state index in [0.717, 1.165) is 24.2 Å². The average Bonchev–Trinajstić information content (AvgIpc) is 3.17. The van der Waals surface area contributed by atoms with Gasteiger partial charge in [0.15, 0.2) is 0 Å². The highest BCUT2D eigenvalue weighted by molar-refractivity contribution is 5.42. The lowest BCUT2D eigenvalue weighted by molar-refractivity contribution is 0.300. The number of nitrogens with two attached hydrogens (primary N) is 1. The van der Waals surface area contributed by atoms with Gasteiger partial charge in [-0.15, -0.1) is 0 Å². The van der Waals surface area contributed by atoms with E-state index in [1.165, 1.54) is 5.56 Å². The first kappa shape index (κ1) is 13.6. The van der Waals surface area contributed by atoms with E-state index in [9.17, 15) is 0 Å². The highest BCUT2D eigenvalue weighted by Gasteiger charge is 2.41. The first-order valence-electron chi connectivity index (χ1n) is 6.33. The Balaban J connectivity index is 0.00000133. The third kappa shape index (κ3) is 2.96. The number of para-hydroxylation sites is 1. The average molecular weight is 255 g/mol. The summed E-state index contributed by atoms with van der Waals surface area (Å²) in [7, 11) is 0. The third-order valence-electron chi connectivity index (χ3n) is 3.45. The summed E-state index contributed by atoms with van der Waals surface area (Å²) in [5, 5.41) is 0. The summed E-state index contributed by atoms with van der Waals surface area (Å²) < 4.78 is 5.91. The zero-order chi connectivity index (χ0) is 12.4. The van der Waals surface area contributed by atoms with Gasteiger partial charge in [0.2, 0.25) is 0 Å². The number of hydrogen-bond donors (Lipinski definition) is 1. The molecule has 0 unspecified atom stereocenters. The maximum absolute atomic E-state index is 6.26. The molecular weight excluding hydrogens is 234 g/mol. The minimum absolute atomic E-state index is 0. The maximum atomic E-state index is 6.26. The molecule has 2 heteroatoms. The van der Waals surface area contributed by atoms with Gasteiger partial charge in [-0.3, -0.25) is 0 Å². The van der Waals surface area contributed by atoms with E-state index in [2.05, 4.69) is 18.2 Å². The Bertz CT molecular complexity index is 532. The van der Waals surface area contributed by atoms with Crippen molar-refractivity contribution in [1.82, 2.24) is 0 Å². The van der Waals surface area contributed by atoms with Crippen molar-refractivity contribution in [3.63, 3.8) is 0 Å². The predicted octanol–water partition coefficient (Wildman–Crippen LogP) is 3.85. The van der Waals surface area contributed by atoms with Gasteiger partial charge in [0.05, 0.1) is 0 Å². The fourth-order valence-corrected chi connectivity index (χ4v) is 2.14. The summed E-state index contributed by atoms with van der Waals surface area (Å²) in [6.45, 7) is 0.591. The summed E-state index contributed by atoms with van der Waals surface area (Å²) in [6.07, 6.45) is 2.11. The lowest BCUT2D eigenvalue weighted by Crippen LogP contribution is -2.19. The van der Waals surface area contributed by atoms with Crippen molar-refractivity contribution in [3.8, 4) is 5.75 Å². The summed E-state index contributed by atoms with van der Waals surface area (Å²) >= 11 is 0. The Kier molecular flexibility index (Phi) is 3.91. The molecule has 2 aromatic carbocycles. The van der Waals surface area contributed by atoms with E-state index < -0.39 is 0 Å². The van der Waals surface area contributed by atoms with Crippen LogP contribution in [0.15, 0.2) is 54.6 Å². The van der Waals surface area contributed by atoms with Gasteiger partial charge in [0, 0.05) is 11.1 Å². The topological polar surface area (TPSA) is 35.2 Å². The van der Waals surface area contributed by atoms with E-state index in [1.807, 2.05) is 36.4 Å². The van der Waals surface area contributed by atoms with Crippen LogP contribution in [0.2, 0.25) is 0 Å². The smallest absolute Gasteiger partial charge is 0.124 e. The molecule has 0 saturated heterocycles. The minimum Gasteiger partial charge on any atom is -0.489 e. The van der Waals surface area contributed by atoms with Gasteiger partial charge in [-0.05, 0) is 24.5 Å². The SMILES string of the molecule is C.NC1(c2ccccc2OCc2ccccc2)CC1. The molecule has 1 aliphatic carbocycles. The molecule has 0 bridgehead atoms. The summed E-state index contributed by atoms with van der Waals surface area (Å²) in [5.41, 5.74) is 8.43. The van der Waals surface area contributed by atoms with Gasteiger partial charge < -0.3 is 10.5 Å². The zero-order valence-corrected chi connectivity index (χ0v) is 10.3. The van der Waals surface area contributed by atoms with E-state index in [4.69, 9.17) is 10.5 Å². The van der Waals surface area contributed by atoms with Crippen LogP contribution < -0.4 is 10.5 Å². The van der Waals surface area contributed by atoms with Crippen molar-refractivity contribution in [2.24, 2.45) is 5.73 Å². The molecule has 2 nitrogen and oxygen atoms in total. The van der Waals surface area contributed by atoms with Crippen LogP contribution in [0.3, 0.4) is 0 Å². The fourth-order valence-electron chi connectivity index (χ4n) is 2.14. The van der Waals surface area contributed by atoms with Gasteiger partial charge >= 0.3 is 0 Å². The van der Waals surface area contributed by atoms with E-state index in [-0.39, 0.29) is 13.0 Å². The monoisotopic (exact) mass is 255 g/mol. The second kappa shape index (κ2) is 5.45. The van der Waals surface area contributed by atoms with Crippen LogP contribution in [0, 0.1) is 0 Å². The third-order valence-corrected chi connectivity index (χ3v) is 3.45. The van der Waals surface area contributed by atoms with E-state index >= 15 is 0 Å². The van der Waals surface area contributed by atoms with Crippen LogP contribution in [0.5, 0.6) is 5.75 Å². The normalized spacial score (nSPS) is 15.4. The molecule has 3 rings (SSSR count). The number of benzene rings is 2. The second-order valence-corrected chi connectivity index (χ2v) is 4.93. The predicted molar refractivity (Wildman–Crippen MR) is 79.0 cm³/mol. The molecule has 100 valence electrons. The largest absolute Gasteiger partial charge is 0.489 e. The van der Waals surface area contributed by atoms with Gasteiger partial charge in [-0.2, -0.15) is 0 Å². The molecule has 19 heavy (non-hydrogen) atoms. The molecule has 1 saturated carbocycles. The van der Waals surface area contributed by atoms with Crippen LogP contribution >= 0.6 is 0 Å². The molecule has 2 aromatic rings. The van der Waals surface area contributed by atoms with Crippen LogP contribution in [-0.4, -0.2) is 0 Å². The van der Waals surface area contributed by atoms with Gasteiger partial charge in [-0.1, -0.05) is 56.0 Å². The molecule has 0 radical (unpaired) electrons. The Morgan fingerprint density at radius 1 is 0.947 bits per heavy atom. The summed E-state index contributed by atoms with van der Waals surface area (Å²) in [5.74, 6) is 0.918. The van der Waals surface area contributed by atoms with Crippen LogP contribution in [-0.2, 0) is 12.1 Å². The Morgan fingerprint density at radius 2 is 1.58 bits per heavy atom. The Labute approximate surface area is 115 Å². The number of ether oxygens (including phenoxy) is 1. The quantitative estimate of drug-likeness (QED) is 0.900. The van der Waals surface area contributed by atoms with Crippen molar-refractivity contribution in [2.75, 3.05) is 0 Å². The highest BCUT2D eigenvalue weighted by atomic mass is 16.5.